The van der Waals surface area contributed by atoms with E-state index in [1.807, 2.05) is 133 Å². The molecular formula is C48H30N6S. The molecule has 0 N–H and O–H groups in total. The van der Waals surface area contributed by atoms with Crippen molar-refractivity contribution in [2.45, 2.75) is 0 Å². The molecule has 0 aliphatic carbocycles. The lowest BCUT2D eigenvalue weighted by Gasteiger charge is -2.14. The summed E-state index contributed by atoms with van der Waals surface area (Å²) in [6.45, 7) is 0. The van der Waals surface area contributed by atoms with Gasteiger partial charge in [0.1, 0.15) is 0 Å². The van der Waals surface area contributed by atoms with Gasteiger partial charge >= 0.3 is 0 Å². The monoisotopic (exact) mass is 722 g/mol. The molecule has 0 unspecified atom stereocenters. The van der Waals surface area contributed by atoms with Gasteiger partial charge in [-0.25, -0.2) is 29.9 Å². The fourth-order valence-electron chi connectivity index (χ4n) is 7.05. The van der Waals surface area contributed by atoms with Gasteiger partial charge in [0.2, 0.25) is 0 Å². The van der Waals surface area contributed by atoms with Crippen LogP contribution in [-0.2, 0) is 0 Å². The van der Waals surface area contributed by atoms with E-state index >= 15 is 0 Å². The Kier molecular flexibility index (Phi) is 8.24. The number of thiophene rings is 1. The Morgan fingerprint density at radius 2 is 0.600 bits per heavy atom. The van der Waals surface area contributed by atoms with Crippen LogP contribution in [-0.4, -0.2) is 29.9 Å². The zero-order chi connectivity index (χ0) is 36.6. The third kappa shape index (κ3) is 6.12. The molecule has 0 atom stereocenters. The summed E-state index contributed by atoms with van der Waals surface area (Å²) in [5.74, 6) is 3.39. The summed E-state index contributed by atoms with van der Waals surface area (Å²) in [7, 11) is 0. The molecule has 7 heteroatoms. The number of nitrogens with zero attached hydrogens (tertiary/aromatic N) is 6. The molecule has 3 heterocycles. The van der Waals surface area contributed by atoms with E-state index in [0.29, 0.717) is 34.9 Å². The highest BCUT2D eigenvalue weighted by atomic mass is 32.1. The molecule has 10 rings (SSSR count). The number of hydrogen-bond acceptors (Lipinski definition) is 7. The van der Waals surface area contributed by atoms with E-state index in [1.165, 1.54) is 20.2 Å². The molecule has 0 radical (unpaired) electrons. The van der Waals surface area contributed by atoms with E-state index in [2.05, 4.69) is 60.7 Å². The summed E-state index contributed by atoms with van der Waals surface area (Å²) in [6, 6.07) is 61.7. The van der Waals surface area contributed by atoms with Crippen LogP contribution in [0.1, 0.15) is 0 Å². The molecule has 10 aromatic rings. The molecule has 258 valence electrons. The number of hydrogen-bond donors (Lipinski definition) is 0. The van der Waals surface area contributed by atoms with Crippen LogP contribution in [0.5, 0.6) is 0 Å². The summed E-state index contributed by atoms with van der Waals surface area (Å²) in [5.41, 5.74) is 7.39. The van der Waals surface area contributed by atoms with Gasteiger partial charge in [0, 0.05) is 53.6 Å². The van der Waals surface area contributed by atoms with E-state index in [1.54, 1.807) is 0 Å². The van der Waals surface area contributed by atoms with Gasteiger partial charge in [-0.3, -0.25) is 0 Å². The average molecular weight is 723 g/mol. The minimum Gasteiger partial charge on any atom is -0.208 e. The third-order valence-electron chi connectivity index (χ3n) is 9.64. The molecule has 0 saturated carbocycles. The molecule has 0 saturated heterocycles. The van der Waals surface area contributed by atoms with Gasteiger partial charge < -0.3 is 0 Å². The Balaban J connectivity index is 1.19. The van der Waals surface area contributed by atoms with Crippen LogP contribution in [0.3, 0.4) is 0 Å². The Hall–Kier alpha value is -7.22. The van der Waals surface area contributed by atoms with E-state index in [4.69, 9.17) is 29.9 Å². The second-order valence-corrected chi connectivity index (χ2v) is 14.2. The maximum Gasteiger partial charge on any atom is 0.164 e. The van der Waals surface area contributed by atoms with E-state index in [-0.39, 0.29) is 0 Å². The molecule has 0 fully saturated rings. The molecule has 0 aliphatic rings. The fourth-order valence-corrected chi connectivity index (χ4v) is 8.18. The Morgan fingerprint density at radius 3 is 1.11 bits per heavy atom. The van der Waals surface area contributed by atoms with E-state index < -0.39 is 0 Å². The largest absolute Gasteiger partial charge is 0.208 e. The topological polar surface area (TPSA) is 77.3 Å². The van der Waals surface area contributed by atoms with Gasteiger partial charge in [0.15, 0.2) is 34.9 Å². The summed E-state index contributed by atoms with van der Waals surface area (Å²) in [5, 5.41) is 2.47. The molecule has 0 aliphatic heterocycles. The summed E-state index contributed by atoms with van der Waals surface area (Å²) < 4.78 is 2.50. The maximum absolute atomic E-state index is 5.27. The van der Waals surface area contributed by atoms with Crippen LogP contribution in [0.15, 0.2) is 182 Å². The van der Waals surface area contributed by atoms with Crippen LogP contribution in [0.4, 0.5) is 0 Å². The van der Waals surface area contributed by atoms with Crippen molar-refractivity contribution in [2.75, 3.05) is 0 Å². The molecule has 0 bridgehead atoms. The third-order valence-corrected chi connectivity index (χ3v) is 10.8. The van der Waals surface area contributed by atoms with Crippen LogP contribution in [0.2, 0.25) is 0 Å². The number of fused-ring (bicyclic) bond motifs is 3. The molecule has 55 heavy (non-hydrogen) atoms. The highest BCUT2D eigenvalue weighted by Gasteiger charge is 2.21. The zero-order valence-electron chi connectivity index (χ0n) is 29.4. The van der Waals surface area contributed by atoms with Gasteiger partial charge in [-0.1, -0.05) is 170 Å². The van der Waals surface area contributed by atoms with Gasteiger partial charge in [0.25, 0.3) is 0 Å². The summed E-state index contributed by atoms with van der Waals surface area (Å²) in [4.78, 5) is 30.6. The first-order valence-corrected chi connectivity index (χ1v) is 18.9. The van der Waals surface area contributed by atoms with Crippen LogP contribution >= 0.6 is 11.3 Å². The Bertz CT molecular complexity index is 2920. The van der Waals surface area contributed by atoms with Crippen molar-refractivity contribution >= 4 is 31.5 Å². The van der Waals surface area contributed by atoms with Gasteiger partial charge in [-0.15, -0.1) is 11.3 Å². The number of rotatable bonds is 7. The quantitative estimate of drug-likeness (QED) is 0.163. The van der Waals surface area contributed by atoms with Crippen LogP contribution in [0, 0.1) is 0 Å². The Morgan fingerprint density at radius 1 is 0.255 bits per heavy atom. The van der Waals surface area contributed by atoms with Crippen molar-refractivity contribution in [2.24, 2.45) is 0 Å². The highest BCUT2D eigenvalue weighted by molar-refractivity contribution is 7.25. The zero-order valence-corrected chi connectivity index (χ0v) is 30.2. The van der Waals surface area contributed by atoms with E-state index in [9.17, 15) is 0 Å². The Labute approximate surface area is 321 Å². The van der Waals surface area contributed by atoms with Crippen LogP contribution < -0.4 is 0 Å². The minimum atomic E-state index is 0.524. The molecule has 6 nitrogen and oxygen atoms in total. The van der Waals surface area contributed by atoms with Gasteiger partial charge in [-0.05, 0) is 23.3 Å². The number of aromatic nitrogens is 6. The summed E-state index contributed by atoms with van der Waals surface area (Å²) >= 11 is 1.81. The maximum atomic E-state index is 5.27. The standard InChI is InChI=1S/C48H30N6S/c1-4-17-31(18-5-1)43-49-44(32-19-6-2-7-20-32)51-47(50-43)37-25-12-13-26-38(37)48-53-45(33-21-8-3-9-22-33)52-46(54-48)36-24-11-10-23-34(36)35-28-16-30-41-42(35)39-27-14-15-29-40(39)55-41/h1-30H. The SMILES string of the molecule is c1ccc(-c2nc(-c3ccccc3)nc(-c3ccccc3-c3nc(-c4ccccc4)nc(-c4ccccc4-c4cccc5sc6ccccc6c45)n3)n2)cc1. The first kappa shape index (κ1) is 32.4. The predicted octanol–water partition coefficient (Wildman–Crippen LogP) is 12.1. The smallest absolute Gasteiger partial charge is 0.164 e. The van der Waals surface area contributed by atoms with Crippen LogP contribution in [0.25, 0.3) is 99.6 Å². The lowest BCUT2D eigenvalue weighted by molar-refractivity contribution is 1.06. The van der Waals surface area contributed by atoms with E-state index in [0.717, 1.165) is 44.5 Å². The highest BCUT2D eigenvalue weighted by Crippen LogP contribution is 2.43. The summed E-state index contributed by atoms with van der Waals surface area (Å²) in [6.07, 6.45) is 0. The van der Waals surface area contributed by atoms with Crippen molar-refractivity contribution in [3.8, 4) is 79.5 Å². The average Bonchev–Trinajstić information content (AvgIpc) is 3.66. The van der Waals surface area contributed by atoms with Crippen molar-refractivity contribution in [1.29, 1.82) is 0 Å². The molecule has 0 amide bonds. The van der Waals surface area contributed by atoms with Crippen molar-refractivity contribution in [3.05, 3.63) is 182 Å². The molecule has 7 aromatic carbocycles. The molecule has 3 aromatic heterocycles. The molecule has 0 spiro atoms. The van der Waals surface area contributed by atoms with Crippen molar-refractivity contribution < 1.29 is 0 Å². The van der Waals surface area contributed by atoms with Crippen molar-refractivity contribution in [3.63, 3.8) is 0 Å². The second kappa shape index (κ2) is 14.0. The lowest BCUT2D eigenvalue weighted by Crippen LogP contribution is -2.04. The number of benzene rings is 7. The van der Waals surface area contributed by atoms with Gasteiger partial charge in [-0.2, -0.15) is 0 Å². The first-order valence-electron chi connectivity index (χ1n) is 18.0. The normalized spacial score (nSPS) is 11.3. The van der Waals surface area contributed by atoms with Gasteiger partial charge in [0.05, 0.1) is 0 Å². The predicted molar refractivity (Wildman–Crippen MR) is 224 cm³/mol. The van der Waals surface area contributed by atoms with Crippen molar-refractivity contribution in [1.82, 2.24) is 29.9 Å². The lowest BCUT2D eigenvalue weighted by atomic mass is 9.95. The minimum absolute atomic E-state index is 0.524. The molecular weight excluding hydrogens is 693 g/mol. The fraction of sp³-hybridized carbons (Fsp3) is 0. The first-order chi connectivity index (χ1) is 27.3. The second-order valence-electron chi connectivity index (χ2n) is 13.1.